The maximum Gasteiger partial charge on any atom is 0.329 e. The maximum absolute atomic E-state index is 11.9. The molecule has 0 aliphatic rings. The smallest absolute Gasteiger partial charge is 0.329 e. The number of carbonyl (C=O) groups is 1. The molecule has 2 rings (SSSR count). The van der Waals surface area contributed by atoms with Gasteiger partial charge in [0.2, 0.25) is 0 Å². The minimum Gasteiger partial charge on any atom is -0.548 e. The Bertz CT molecular complexity index is 698. The van der Waals surface area contributed by atoms with Crippen LogP contribution in [0.1, 0.15) is 13.0 Å². The Morgan fingerprint density at radius 2 is 2.00 bits per heavy atom. The third-order valence-corrected chi connectivity index (χ3v) is 2.57. The number of para-hydroxylation sites is 1. The zero-order valence-electron chi connectivity index (χ0n) is 8.97. The first kappa shape index (κ1) is 11.1. The second kappa shape index (κ2) is 3.89. The molecule has 0 aliphatic carbocycles. The fourth-order valence-corrected chi connectivity index (χ4v) is 1.63. The summed E-state index contributed by atoms with van der Waals surface area (Å²) in [6.45, 7) is 1.22. The lowest BCUT2D eigenvalue weighted by Gasteiger charge is -2.15. The molecule has 1 aromatic carbocycles. The number of nitrogens with zero attached hydrogens (tertiary/aromatic N) is 1. The van der Waals surface area contributed by atoms with Crippen LogP contribution in [0.3, 0.4) is 0 Å². The zero-order valence-corrected chi connectivity index (χ0v) is 8.97. The largest absolute Gasteiger partial charge is 0.548 e. The van der Waals surface area contributed by atoms with Gasteiger partial charge in [0.05, 0.1) is 22.9 Å². The van der Waals surface area contributed by atoms with Crippen molar-refractivity contribution in [3.8, 4) is 0 Å². The van der Waals surface area contributed by atoms with Crippen molar-refractivity contribution in [3.63, 3.8) is 0 Å². The number of carboxylic acids is 1. The van der Waals surface area contributed by atoms with Crippen LogP contribution in [-0.4, -0.2) is 15.5 Å². The van der Waals surface area contributed by atoms with Gasteiger partial charge in [0.25, 0.3) is 5.56 Å². The van der Waals surface area contributed by atoms with Gasteiger partial charge in [0, 0.05) is 0 Å². The molecule has 1 heterocycles. The standard InChI is InChI=1S/C11H10N2O4/c1-6(10(15)16)13-9(14)7-4-2-3-5-8(7)12-11(13)17/h2-6H,1H3,(H,12,17)(H,15,16)/p-1/t6-/m0/s1. The van der Waals surface area contributed by atoms with Crippen LogP contribution in [-0.2, 0) is 4.79 Å². The van der Waals surface area contributed by atoms with Crippen molar-refractivity contribution in [1.29, 1.82) is 0 Å². The van der Waals surface area contributed by atoms with Gasteiger partial charge in [-0.3, -0.25) is 9.36 Å². The summed E-state index contributed by atoms with van der Waals surface area (Å²) < 4.78 is 0.637. The van der Waals surface area contributed by atoms with E-state index in [-0.39, 0.29) is 5.39 Å². The minimum atomic E-state index is -1.48. The van der Waals surface area contributed by atoms with E-state index in [4.69, 9.17) is 0 Å². The second-order valence-corrected chi connectivity index (χ2v) is 3.65. The molecular formula is C11H9N2O4-. The summed E-state index contributed by atoms with van der Waals surface area (Å²) in [6, 6.07) is 5.09. The summed E-state index contributed by atoms with van der Waals surface area (Å²) in [4.78, 5) is 36.7. The van der Waals surface area contributed by atoms with Crippen molar-refractivity contribution >= 4 is 16.9 Å². The number of carboxylic acid groups (broad SMARTS) is 1. The fraction of sp³-hybridized carbons (Fsp3) is 0.182. The molecule has 0 fully saturated rings. The Morgan fingerprint density at radius 3 is 2.65 bits per heavy atom. The van der Waals surface area contributed by atoms with Gasteiger partial charge in [-0.15, -0.1) is 0 Å². The highest BCUT2D eigenvalue weighted by atomic mass is 16.4. The second-order valence-electron chi connectivity index (χ2n) is 3.65. The average molecular weight is 233 g/mol. The number of aromatic nitrogens is 2. The molecular weight excluding hydrogens is 224 g/mol. The Labute approximate surface area is 95.1 Å². The van der Waals surface area contributed by atoms with Gasteiger partial charge in [0.1, 0.15) is 0 Å². The van der Waals surface area contributed by atoms with E-state index < -0.39 is 23.3 Å². The highest BCUT2D eigenvalue weighted by Gasteiger charge is 2.13. The molecule has 6 heteroatoms. The van der Waals surface area contributed by atoms with Crippen LogP contribution < -0.4 is 16.4 Å². The molecule has 17 heavy (non-hydrogen) atoms. The summed E-state index contributed by atoms with van der Waals surface area (Å²) >= 11 is 0. The molecule has 0 aliphatic heterocycles. The van der Waals surface area contributed by atoms with Crippen LogP contribution in [0, 0.1) is 0 Å². The number of hydrogen-bond donors (Lipinski definition) is 1. The van der Waals surface area contributed by atoms with Crippen LogP contribution in [0.2, 0.25) is 0 Å². The van der Waals surface area contributed by atoms with Crippen molar-refractivity contribution in [1.82, 2.24) is 9.55 Å². The molecule has 1 aromatic heterocycles. The van der Waals surface area contributed by atoms with E-state index in [1.54, 1.807) is 18.2 Å². The van der Waals surface area contributed by atoms with Crippen molar-refractivity contribution in [3.05, 3.63) is 45.1 Å². The van der Waals surface area contributed by atoms with E-state index in [9.17, 15) is 19.5 Å². The lowest BCUT2D eigenvalue weighted by molar-refractivity contribution is -0.309. The van der Waals surface area contributed by atoms with E-state index in [1.807, 2.05) is 0 Å². The number of rotatable bonds is 2. The van der Waals surface area contributed by atoms with Crippen LogP contribution in [0.25, 0.3) is 10.9 Å². The summed E-state index contributed by atoms with van der Waals surface area (Å²) in [5.41, 5.74) is -1.02. The molecule has 2 aromatic rings. The van der Waals surface area contributed by atoms with E-state index in [1.165, 1.54) is 13.0 Å². The lowest BCUT2D eigenvalue weighted by Crippen LogP contribution is -2.44. The first-order chi connectivity index (χ1) is 8.02. The molecule has 1 N–H and O–H groups in total. The van der Waals surface area contributed by atoms with E-state index in [0.717, 1.165) is 0 Å². The predicted molar refractivity (Wildman–Crippen MR) is 58.5 cm³/mol. The van der Waals surface area contributed by atoms with Gasteiger partial charge in [0.15, 0.2) is 0 Å². The highest BCUT2D eigenvalue weighted by molar-refractivity contribution is 5.77. The first-order valence-corrected chi connectivity index (χ1v) is 4.97. The summed E-state index contributed by atoms with van der Waals surface area (Å²) in [5.74, 6) is -1.48. The third-order valence-electron chi connectivity index (χ3n) is 2.57. The molecule has 0 bridgehead atoms. The summed E-state index contributed by atoms with van der Waals surface area (Å²) in [6.07, 6.45) is 0. The molecule has 0 saturated carbocycles. The molecule has 6 nitrogen and oxygen atoms in total. The number of hydrogen-bond acceptors (Lipinski definition) is 4. The Morgan fingerprint density at radius 1 is 1.35 bits per heavy atom. The molecule has 1 atom stereocenters. The van der Waals surface area contributed by atoms with Crippen LogP contribution in [0.15, 0.2) is 33.9 Å². The van der Waals surface area contributed by atoms with Gasteiger partial charge in [-0.1, -0.05) is 12.1 Å². The van der Waals surface area contributed by atoms with E-state index >= 15 is 0 Å². The Hall–Kier alpha value is -2.37. The van der Waals surface area contributed by atoms with E-state index in [2.05, 4.69) is 4.98 Å². The maximum atomic E-state index is 11.9. The SMILES string of the molecule is C[C@@H](C(=O)[O-])n1c(=O)[nH]c2ccccc2c1=O. The number of carbonyl (C=O) groups excluding carboxylic acids is 1. The summed E-state index contributed by atoms with van der Waals surface area (Å²) in [7, 11) is 0. The lowest BCUT2D eigenvalue weighted by atomic mass is 10.2. The summed E-state index contributed by atoms with van der Waals surface area (Å²) in [5, 5.41) is 11.0. The number of fused-ring (bicyclic) bond motifs is 1. The van der Waals surface area contributed by atoms with Crippen molar-refractivity contribution < 1.29 is 9.90 Å². The predicted octanol–water partition coefficient (Wildman–Crippen LogP) is -0.999. The first-order valence-electron chi connectivity index (χ1n) is 4.97. The molecule has 0 unspecified atom stereocenters. The minimum absolute atomic E-state index is 0.264. The molecule has 0 saturated heterocycles. The Balaban J connectivity index is 2.86. The molecule has 88 valence electrons. The number of aromatic amines is 1. The number of benzene rings is 1. The van der Waals surface area contributed by atoms with Crippen LogP contribution in [0.5, 0.6) is 0 Å². The van der Waals surface area contributed by atoms with Crippen molar-refractivity contribution in [2.45, 2.75) is 13.0 Å². The van der Waals surface area contributed by atoms with Crippen molar-refractivity contribution in [2.75, 3.05) is 0 Å². The molecule has 0 amide bonds. The van der Waals surface area contributed by atoms with Gasteiger partial charge in [-0.25, -0.2) is 4.79 Å². The molecule has 0 radical (unpaired) electrons. The van der Waals surface area contributed by atoms with Crippen molar-refractivity contribution in [2.24, 2.45) is 0 Å². The van der Waals surface area contributed by atoms with Gasteiger partial charge in [-0.2, -0.15) is 0 Å². The van der Waals surface area contributed by atoms with Crippen LogP contribution >= 0.6 is 0 Å². The zero-order chi connectivity index (χ0) is 12.6. The van der Waals surface area contributed by atoms with E-state index in [0.29, 0.717) is 10.1 Å². The van der Waals surface area contributed by atoms with Gasteiger partial charge in [-0.05, 0) is 19.1 Å². The molecule has 0 spiro atoms. The normalized spacial score (nSPS) is 12.5. The third kappa shape index (κ3) is 1.73. The highest BCUT2D eigenvalue weighted by Crippen LogP contribution is 2.05. The Kier molecular flexibility index (Phi) is 2.55. The topological polar surface area (TPSA) is 95.0 Å². The number of aliphatic carboxylic acids is 1. The monoisotopic (exact) mass is 233 g/mol. The van der Waals surface area contributed by atoms with Gasteiger partial charge < -0.3 is 14.9 Å². The fourth-order valence-electron chi connectivity index (χ4n) is 1.63. The quantitative estimate of drug-likeness (QED) is 0.719. The van der Waals surface area contributed by atoms with Crippen LogP contribution in [0.4, 0.5) is 0 Å². The number of nitrogens with one attached hydrogen (secondary N) is 1. The average Bonchev–Trinajstić information content (AvgIpc) is 2.28. The number of H-pyrrole nitrogens is 1. The van der Waals surface area contributed by atoms with Gasteiger partial charge >= 0.3 is 5.69 Å².